The van der Waals surface area contributed by atoms with Gasteiger partial charge in [-0.1, -0.05) is 18.2 Å². The molecule has 2 atom stereocenters. The molecule has 0 aliphatic carbocycles. The molecule has 1 aliphatic heterocycles. The fourth-order valence-corrected chi connectivity index (χ4v) is 2.34. The number of hydrogen-bond donors (Lipinski definition) is 3. The highest BCUT2D eigenvalue weighted by Gasteiger charge is 2.27. The molecule has 5 heteroatoms. The number of amides is 2. The van der Waals surface area contributed by atoms with E-state index in [0.29, 0.717) is 6.42 Å². The minimum absolute atomic E-state index is 0.200. The van der Waals surface area contributed by atoms with Crippen molar-refractivity contribution in [3.63, 3.8) is 0 Å². The first kappa shape index (κ1) is 12.4. The van der Waals surface area contributed by atoms with Crippen LogP contribution in [0.4, 0.5) is 5.69 Å². The van der Waals surface area contributed by atoms with Gasteiger partial charge in [-0.2, -0.15) is 0 Å². The van der Waals surface area contributed by atoms with E-state index in [1.807, 2.05) is 24.3 Å². The summed E-state index contributed by atoms with van der Waals surface area (Å²) in [5, 5.41) is 5.88. The molecule has 1 aromatic rings. The molecule has 0 saturated carbocycles. The van der Waals surface area contributed by atoms with E-state index in [9.17, 15) is 9.59 Å². The molecular formula is C13H17N3O2. The first-order chi connectivity index (χ1) is 8.58. The van der Waals surface area contributed by atoms with Gasteiger partial charge in [0.15, 0.2) is 0 Å². The number of rotatable bonds is 4. The Morgan fingerprint density at radius 3 is 2.89 bits per heavy atom. The van der Waals surface area contributed by atoms with E-state index in [2.05, 4.69) is 10.6 Å². The van der Waals surface area contributed by atoms with Gasteiger partial charge < -0.3 is 16.4 Å². The van der Waals surface area contributed by atoms with E-state index >= 15 is 0 Å². The molecule has 0 aromatic heterocycles. The molecule has 2 amide bonds. The van der Waals surface area contributed by atoms with Gasteiger partial charge in [-0.25, -0.2) is 0 Å². The summed E-state index contributed by atoms with van der Waals surface area (Å²) in [5.74, 6) is -0.529. The number of para-hydroxylation sites is 1. The number of primary amides is 1. The van der Waals surface area contributed by atoms with Crippen LogP contribution in [-0.4, -0.2) is 24.4 Å². The predicted octanol–water partition coefficient (Wildman–Crippen LogP) is 0.576. The standard InChI is InChI=1S/C13H17N3O2/c1-8(17)16-12(13(14)18)6-9-7-15-11-5-3-2-4-10(9)11/h2-5,9,12,15H,6-7H2,1H3,(H2,14,18)(H,16,17). The third-order valence-corrected chi connectivity index (χ3v) is 3.18. The molecule has 2 unspecified atom stereocenters. The van der Waals surface area contributed by atoms with Crippen LogP contribution < -0.4 is 16.4 Å². The van der Waals surface area contributed by atoms with Gasteiger partial charge in [0.2, 0.25) is 11.8 Å². The molecule has 0 bridgehead atoms. The number of fused-ring (bicyclic) bond motifs is 1. The van der Waals surface area contributed by atoms with Crippen LogP contribution in [0.2, 0.25) is 0 Å². The maximum atomic E-state index is 11.3. The second-order valence-corrected chi connectivity index (χ2v) is 4.56. The molecule has 0 saturated heterocycles. The number of anilines is 1. The van der Waals surface area contributed by atoms with Crippen LogP contribution in [0.1, 0.15) is 24.8 Å². The van der Waals surface area contributed by atoms with Crippen molar-refractivity contribution in [2.75, 3.05) is 11.9 Å². The largest absolute Gasteiger partial charge is 0.384 e. The lowest BCUT2D eigenvalue weighted by molar-refractivity contribution is -0.126. The van der Waals surface area contributed by atoms with Gasteiger partial charge in [0.25, 0.3) is 0 Å². The molecule has 1 aromatic carbocycles. The van der Waals surface area contributed by atoms with Crippen LogP contribution in [0.25, 0.3) is 0 Å². The van der Waals surface area contributed by atoms with Crippen molar-refractivity contribution in [1.29, 1.82) is 0 Å². The summed E-state index contributed by atoms with van der Waals surface area (Å²) in [6, 6.07) is 7.36. The first-order valence-corrected chi connectivity index (χ1v) is 5.97. The normalized spacial score (nSPS) is 18.6. The molecule has 0 spiro atoms. The third-order valence-electron chi connectivity index (χ3n) is 3.18. The average Bonchev–Trinajstić information content (AvgIpc) is 2.71. The van der Waals surface area contributed by atoms with Crippen LogP contribution in [0.5, 0.6) is 0 Å². The monoisotopic (exact) mass is 247 g/mol. The number of hydrogen-bond acceptors (Lipinski definition) is 3. The Bertz CT molecular complexity index is 473. The second-order valence-electron chi connectivity index (χ2n) is 4.56. The van der Waals surface area contributed by atoms with Gasteiger partial charge in [-0.05, 0) is 18.1 Å². The van der Waals surface area contributed by atoms with Gasteiger partial charge in [-0.3, -0.25) is 9.59 Å². The maximum absolute atomic E-state index is 11.3. The number of benzene rings is 1. The van der Waals surface area contributed by atoms with E-state index in [-0.39, 0.29) is 11.8 Å². The van der Waals surface area contributed by atoms with Crippen molar-refractivity contribution < 1.29 is 9.59 Å². The third kappa shape index (κ3) is 2.61. The average molecular weight is 247 g/mol. The van der Waals surface area contributed by atoms with Crippen molar-refractivity contribution in [2.45, 2.75) is 25.3 Å². The molecule has 1 heterocycles. The Morgan fingerprint density at radius 2 is 2.22 bits per heavy atom. The summed E-state index contributed by atoms with van der Waals surface area (Å²) in [7, 11) is 0. The van der Waals surface area contributed by atoms with E-state index < -0.39 is 11.9 Å². The Labute approximate surface area is 106 Å². The van der Waals surface area contributed by atoms with Crippen LogP contribution in [0.3, 0.4) is 0 Å². The Morgan fingerprint density at radius 1 is 1.50 bits per heavy atom. The second kappa shape index (κ2) is 5.08. The van der Waals surface area contributed by atoms with Crippen molar-refractivity contribution in [3.8, 4) is 0 Å². The quantitative estimate of drug-likeness (QED) is 0.727. The lowest BCUT2D eigenvalue weighted by atomic mass is 9.93. The zero-order valence-corrected chi connectivity index (χ0v) is 10.3. The fourth-order valence-electron chi connectivity index (χ4n) is 2.34. The van der Waals surface area contributed by atoms with Crippen molar-refractivity contribution in [1.82, 2.24) is 5.32 Å². The maximum Gasteiger partial charge on any atom is 0.240 e. The zero-order valence-electron chi connectivity index (χ0n) is 10.3. The molecule has 2 rings (SSSR count). The summed E-state index contributed by atoms with van der Waals surface area (Å²) in [5.41, 5.74) is 7.58. The predicted molar refractivity (Wildman–Crippen MR) is 69.1 cm³/mol. The molecular weight excluding hydrogens is 230 g/mol. The Hall–Kier alpha value is -2.04. The van der Waals surface area contributed by atoms with E-state index in [0.717, 1.165) is 12.2 Å². The van der Waals surface area contributed by atoms with Gasteiger partial charge in [0.05, 0.1) is 0 Å². The van der Waals surface area contributed by atoms with Gasteiger partial charge in [0, 0.05) is 25.1 Å². The Kier molecular flexibility index (Phi) is 3.50. The molecule has 96 valence electrons. The van der Waals surface area contributed by atoms with E-state index in [1.54, 1.807) is 0 Å². The minimum Gasteiger partial charge on any atom is -0.384 e. The highest BCUT2D eigenvalue weighted by atomic mass is 16.2. The number of carbonyl (C=O) groups is 2. The minimum atomic E-state index is -0.611. The van der Waals surface area contributed by atoms with Crippen LogP contribution in [-0.2, 0) is 9.59 Å². The highest BCUT2D eigenvalue weighted by molar-refractivity contribution is 5.85. The molecule has 4 N–H and O–H groups in total. The highest BCUT2D eigenvalue weighted by Crippen LogP contribution is 2.33. The van der Waals surface area contributed by atoms with Crippen molar-refractivity contribution in [2.24, 2.45) is 5.73 Å². The number of carbonyl (C=O) groups excluding carboxylic acids is 2. The molecule has 0 radical (unpaired) electrons. The smallest absolute Gasteiger partial charge is 0.240 e. The van der Waals surface area contributed by atoms with Crippen LogP contribution in [0.15, 0.2) is 24.3 Å². The number of nitrogens with two attached hydrogens (primary N) is 1. The molecule has 18 heavy (non-hydrogen) atoms. The summed E-state index contributed by atoms with van der Waals surface area (Å²) in [6.45, 7) is 2.15. The van der Waals surface area contributed by atoms with Gasteiger partial charge in [-0.15, -0.1) is 0 Å². The molecule has 1 aliphatic rings. The summed E-state index contributed by atoms with van der Waals surface area (Å²) in [6.07, 6.45) is 0.527. The summed E-state index contributed by atoms with van der Waals surface area (Å²) >= 11 is 0. The molecule has 5 nitrogen and oxygen atoms in total. The Balaban J connectivity index is 2.09. The van der Waals surface area contributed by atoms with E-state index in [1.165, 1.54) is 12.5 Å². The van der Waals surface area contributed by atoms with Crippen molar-refractivity contribution >= 4 is 17.5 Å². The first-order valence-electron chi connectivity index (χ1n) is 5.97. The van der Waals surface area contributed by atoms with Gasteiger partial charge in [0.1, 0.15) is 6.04 Å². The number of nitrogens with one attached hydrogen (secondary N) is 2. The van der Waals surface area contributed by atoms with Crippen LogP contribution >= 0.6 is 0 Å². The zero-order chi connectivity index (χ0) is 13.1. The van der Waals surface area contributed by atoms with Gasteiger partial charge >= 0.3 is 0 Å². The van der Waals surface area contributed by atoms with E-state index in [4.69, 9.17) is 5.73 Å². The fraction of sp³-hybridized carbons (Fsp3) is 0.385. The molecule has 0 fully saturated rings. The SMILES string of the molecule is CC(=O)NC(CC1CNc2ccccc21)C(N)=O. The van der Waals surface area contributed by atoms with Crippen LogP contribution in [0, 0.1) is 0 Å². The summed E-state index contributed by atoms with van der Waals surface area (Å²) in [4.78, 5) is 22.4. The summed E-state index contributed by atoms with van der Waals surface area (Å²) < 4.78 is 0. The lowest BCUT2D eigenvalue weighted by Crippen LogP contribution is -2.44. The lowest BCUT2D eigenvalue weighted by Gasteiger charge is -2.18. The topological polar surface area (TPSA) is 84.2 Å². The van der Waals surface area contributed by atoms with Crippen molar-refractivity contribution in [3.05, 3.63) is 29.8 Å².